The highest BCUT2D eigenvalue weighted by Gasteiger charge is 2.22. The first-order valence-corrected chi connectivity index (χ1v) is 6.32. The first-order valence-electron chi connectivity index (χ1n) is 6.32. The van der Waals surface area contributed by atoms with Gasteiger partial charge in [-0.15, -0.1) is 0 Å². The van der Waals surface area contributed by atoms with E-state index in [-0.39, 0.29) is 12.0 Å². The summed E-state index contributed by atoms with van der Waals surface area (Å²) in [6, 6.07) is 8.25. The minimum absolute atomic E-state index is 0.0300. The van der Waals surface area contributed by atoms with Crippen LogP contribution in [-0.2, 0) is 11.3 Å². The van der Waals surface area contributed by atoms with Gasteiger partial charge in [0.2, 0.25) is 0 Å². The maximum absolute atomic E-state index is 10.7. The van der Waals surface area contributed by atoms with Crippen molar-refractivity contribution in [2.24, 2.45) is 0 Å². The lowest BCUT2D eigenvalue weighted by atomic mass is 10.0. The fourth-order valence-corrected chi connectivity index (χ4v) is 1.88. The minimum atomic E-state index is -0.742. The van der Waals surface area contributed by atoms with Gasteiger partial charge in [0, 0.05) is 18.6 Å². The van der Waals surface area contributed by atoms with E-state index in [1.807, 2.05) is 12.1 Å². The summed E-state index contributed by atoms with van der Waals surface area (Å²) in [5, 5.41) is 8.82. The Morgan fingerprint density at radius 3 is 2.39 bits per heavy atom. The monoisotopic (exact) mass is 249 g/mol. The van der Waals surface area contributed by atoms with Crippen LogP contribution >= 0.6 is 0 Å². The van der Waals surface area contributed by atoms with Crippen molar-refractivity contribution >= 4 is 5.97 Å². The number of carboxylic acids is 1. The Bertz CT molecular complexity index is 407. The van der Waals surface area contributed by atoms with Crippen LogP contribution in [-0.4, -0.2) is 28.1 Å². The second-order valence-corrected chi connectivity index (χ2v) is 5.66. The number of benzene rings is 1. The molecule has 1 aromatic carbocycles. The van der Waals surface area contributed by atoms with Crippen molar-refractivity contribution < 1.29 is 9.90 Å². The van der Waals surface area contributed by atoms with Crippen LogP contribution in [0.15, 0.2) is 24.3 Å². The van der Waals surface area contributed by atoms with E-state index < -0.39 is 5.97 Å². The van der Waals surface area contributed by atoms with Crippen molar-refractivity contribution in [1.82, 2.24) is 4.90 Å². The number of carbonyl (C=O) groups is 1. The van der Waals surface area contributed by atoms with Gasteiger partial charge in [0.1, 0.15) is 0 Å². The molecule has 3 nitrogen and oxygen atoms in total. The number of nitrogens with zero attached hydrogens (tertiary/aromatic N) is 1. The molecule has 18 heavy (non-hydrogen) atoms. The topological polar surface area (TPSA) is 40.5 Å². The van der Waals surface area contributed by atoms with Gasteiger partial charge in [-0.25, -0.2) is 0 Å². The molecule has 0 aliphatic rings. The van der Waals surface area contributed by atoms with Gasteiger partial charge in [0.05, 0.1) is 6.42 Å². The summed E-state index contributed by atoms with van der Waals surface area (Å²) in [7, 11) is 0. The Morgan fingerprint density at radius 2 is 1.89 bits per heavy atom. The van der Waals surface area contributed by atoms with Gasteiger partial charge >= 0.3 is 5.97 Å². The predicted molar refractivity (Wildman–Crippen MR) is 73.6 cm³/mol. The van der Waals surface area contributed by atoms with E-state index in [1.165, 1.54) is 11.1 Å². The normalized spacial score (nSPS) is 11.8. The number of rotatable bonds is 5. The van der Waals surface area contributed by atoms with Crippen LogP contribution < -0.4 is 0 Å². The molecule has 3 heteroatoms. The molecule has 0 radical (unpaired) electrons. The average molecular weight is 249 g/mol. The number of carboxylic acid groups (broad SMARTS) is 1. The molecule has 0 unspecified atom stereocenters. The summed E-state index contributed by atoms with van der Waals surface area (Å²) in [4.78, 5) is 12.9. The van der Waals surface area contributed by atoms with Crippen molar-refractivity contribution in [3.05, 3.63) is 35.4 Å². The van der Waals surface area contributed by atoms with E-state index in [1.54, 1.807) is 0 Å². The first-order chi connectivity index (χ1) is 8.30. The Hall–Kier alpha value is -1.35. The zero-order valence-electron chi connectivity index (χ0n) is 11.7. The lowest BCUT2D eigenvalue weighted by Crippen LogP contribution is -2.42. The Balaban J connectivity index is 2.79. The van der Waals surface area contributed by atoms with E-state index in [2.05, 4.69) is 44.7 Å². The van der Waals surface area contributed by atoms with Crippen molar-refractivity contribution in [2.45, 2.75) is 46.2 Å². The van der Waals surface area contributed by atoms with Crippen LogP contribution in [0, 0.1) is 6.92 Å². The van der Waals surface area contributed by atoms with Gasteiger partial charge in [-0.3, -0.25) is 9.69 Å². The molecule has 0 heterocycles. The SMILES string of the molecule is Cc1ccccc1CN(CCC(=O)O)C(C)(C)C. The lowest BCUT2D eigenvalue weighted by Gasteiger charge is -2.35. The van der Waals surface area contributed by atoms with Crippen molar-refractivity contribution in [3.8, 4) is 0 Å². The molecule has 0 bridgehead atoms. The average Bonchev–Trinajstić information content (AvgIpc) is 2.24. The second-order valence-electron chi connectivity index (χ2n) is 5.66. The van der Waals surface area contributed by atoms with Gasteiger partial charge in [-0.05, 0) is 38.8 Å². The highest BCUT2D eigenvalue weighted by atomic mass is 16.4. The molecule has 0 spiro atoms. The third-order valence-corrected chi connectivity index (χ3v) is 3.17. The second kappa shape index (κ2) is 6.01. The van der Waals surface area contributed by atoms with E-state index >= 15 is 0 Å². The highest BCUT2D eigenvalue weighted by Crippen LogP contribution is 2.19. The van der Waals surface area contributed by atoms with Crippen molar-refractivity contribution in [3.63, 3.8) is 0 Å². The maximum atomic E-state index is 10.7. The first kappa shape index (κ1) is 14.7. The zero-order chi connectivity index (χ0) is 13.8. The Labute approximate surface area is 109 Å². The summed E-state index contributed by atoms with van der Waals surface area (Å²) in [5.41, 5.74) is 2.48. The summed E-state index contributed by atoms with van der Waals surface area (Å²) in [6.07, 6.45) is 0.184. The van der Waals surface area contributed by atoms with Gasteiger partial charge in [0.25, 0.3) is 0 Å². The summed E-state index contributed by atoms with van der Waals surface area (Å²) < 4.78 is 0. The molecule has 0 amide bonds. The molecule has 0 aliphatic heterocycles. The third-order valence-electron chi connectivity index (χ3n) is 3.17. The van der Waals surface area contributed by atoms with Crippen LogP contribution in [0.3, 0.4) is 0 Å². The third kappa shape index (κ3) is 4.49. The van der Waals surface area contributed by atoms with Crippen LogP contribution in [0.2, 0.25) is 0 Å². The van der Waals surface area contributed by atoms with Gasteiger partial charge < -0.3 is 5.11 Å². The molecule has 0 fully saturated rings. The molecule has 0 aliphatic carbocycles. The smallest absolute Gasteiger partial charge is 0.304 e. The maximum Gasteiger partial charge on any atom is 0.304 e. The van der Waals surface area contributed by atoms with Crippen molar-refractivity contribution in [2.75, 3.05) is 6.54 Å². The van der Waals surface area contributed by atoms with E-state index in [9.17, 15) is 4.79 Å². The molecule has 0 saturated heterocycles. The molecule has 1 aromatic rings. The fraction of sp³-hybridized carbons (Fsp3) is 0.533. The van der Waals surface area contributed by atoms with E-state index in [0.29, 0.717) is 6.54 Å². The number of hydrogen-bond donors (Lipinski definition) is 1. The van der Waals surface area contributed by atoms with Gasteiger partial charge in [-0.2, -0.15) is 0 Å². The molecular formula is C15H23NO2. The molecule has 100 valence electrons. The minimum Gasteiger partial charge on any atom is -0.481 e. The summed E-state index contributed by atoms with van der Waals surface area (Å²) in [6.45, 7) is 9.82. The summed E-state index contributed by atoms with van der Waals surface area (Å²) >= 11 is 0. The molecular weight excluding hydrogens is 226 g/mol. The van der Waals surface area contributed by atoms with Gasteiger partial charge in [-0.1, -0.05) is 24.3 Å². The number of aliphatic carboxylic acids is 1. The van der Waals surface area contributed by atoms with E-state index in [4.69, 9.17) is 5.11 Å². The number of hydrogen-bond acceptors (Lipinski definition) is 2. The lowest BCUT2D eigenvalue weighted by molar-refractivity contribution is -0.137. The van der Waals surface area contributed by atoms with Crippen LogP contribution in [0.25, 0.3) is 0 Å². The van der Waals surface area contributed by atoms with Crippen molar-refractivity contribution in [1.29, 1.82) is 0 Å². The number of aryl methyl sites for hydroxylation is 1. The van der Waals surface area contributed by atoms with Crippen LogP contribution in [0.1, 0.15) is 38.3 Å². The van der Waals surface area contributed by atoms with Crippen LogP contribution in [0.4, 0.5) is 0 Å². The van der Waals surface area contributed by atoms with Gasteiger partial charge in [0.15, 0.2) is 0 Å². The predicted octanol–water partition coefficient (Wildman–Crippen LogP) is 3.07. The Kier molecular flexibility index (Phi) is 4.91. The Morgan fingerprint density at radius 1 is 1.28 bits per heavy atom. The molecule has 0 saturated carbocycles. The summed E-state index contributed by atoms with van der Waals surface area (Å²) in [5.74, 6) is -0.742. The molecule has 0 atom stereocenters. The zero-order valence-corrected chi connectivity index (χ0v) is 11.7. The standard InChI is InChI=1S/C15H23NO2/c1-12-7-5-6-8-13(12)11-16(15(2,3)4)10-9-14(17)18/h5-8H,9-11H2,1-4H3,(H,17,18). The quantitative estimate of drug-likeness (QED) is 0.872. The fourth-order valence-electron chi connectivity index (χ4n) is 1.88. The molecule has 1 rings (SSSR count). The van der Waals surface area contributed by atoms with Crippen LogP contribution in [0.5, 0.6) is 0 Å². The van der Waals surface area contributed by atoms with E-state index in [0.717, 1.165) is 6.54 Å². The highest BCUT2D eigenvalue weighted by molar-refractivity contribution is 5.66. The largest absolute Gasteiger partial charge is 0.481 e. The molecule has 0 aromatic heterocycles. The molecule has 1 N–H and O–H groups in total.